The first-order valence-corrected chi connectivity index (χ1v) is 10.3. The molecule has 0 aliphatic carbocycles. The van der Waals surface area contributed by atoms with E-state index < -0.39 is 16.0 Å². The Morgan fingerprint density at radius 1 is 1.03 bits per heavy atom. The molecule has 0 unspecified atom stereocenters. The van der Waals surface area contributed by atoms with Crippen molar-refractivity contribution in [1.29, 1.82) is 0 Å². The molecule has 0 spiro atoms. The molecule has 0 radical (unpaired) electrons. The van der Waals surface area contributed by atoms with Gasteiger partial charge in [-0.15, -0.1) is 0 Å². The third kappa shape index (κ3) is 3.70. The number of ether oxygens (including phenoxy) is 2. The number of nitrogens with zero attached hydrogens (tertiary/aromatic N) is 2. The van der Waals surface area contributed by atoms with Crippen LogP contribution in [0.3, 0.4) is 0 Å². The van der Waals surface area contributed by atoms with Crippen molar-refractivity contribution in [1.82, 2.24) is 4.31 Å². The number of fused-ring (bicyclic) bond motifs is 1. The van der Waals surface area contributed by atoms with Crippen LogP contribution < -0.4 is 9.64 Å². The molecule has 0 N–H and O–H groups in total. The van der Waals surface area contributed by atoms with Gasteiger partial charge in [0.05, 0.1) is 19.8 Å². The van der Waals surface area contributed by atoms with Gasteiger partial charge in [-0.3, -0.25) is 4.79 Å². The Kier molecular flexibility index (Phi) is 5.63. The van der Waals surface area contributed by atoms with Crippen LogP contribution in [0.4, 0.5) is 5.69 Å². The molecule has 1 amide bonds. The lowest BCUT2D eigenvalue weighted by Crippen LogP contribution is -2.29. The van der Waals surface area contributed by atoms with Gasteiger partial charge in [-0.1, -0.05) is 0 Å². The van der Waals surface area contributed by atoms with Gasteiger partial charge < -0.3 is 14.4 Å². The molecule has 1 aliphatic heterocycles. The quantitative estimate of drug-likeness (QED) is 0.689. The SMILES string of the molecule is COC(=O)c1ccc2c(c1)CCN2C(=O)c1ccc(OC)c(S(=O)(=O)N(C)C)c1. The van der Waals surface area contributed by atoms with E-state index in [2.05, 4.69) is 0 Å². The van der Waals surface area contributed by atoms with Gasteiger partial charge in [0.25, 0.3) is 5.91 Å². The number of hydrogen-bond acceptors (Lipinski definition) is 6. The van der Waals surface area contributed by atoms with Gasteiger partial charge in [0.2, 0.25) is 10.0 Å². The van der Waals surface area contributed by atoms with Crippen LogP contribution >= 0.6 is 0 Å². The zero-order valence-electron chi connectivity index (χ0n) is 16.6. The Labute approximate surface area is 169 Å². The number of methoxy groups -OCH3 is 2. The fraction of sp³-hybridized carbons (Fsp3) is 0.300. The maximum atomic E-state index is 13.1. The molecule has 0 aromatic heterocycles. The topological polar surface area (TPSA) is 93.2 Å². The van der Waals surface area contributed by atoms with E-state index in [1.54, 1.807) is 23.1 Å². The van der Waals surface area contributed by atoms with Crippen molar-refractivity contribution >= 4 is 27.6 Å². The third-order valence-electron chi connectivity index (χ3n) is 4.81. The number of rotatable bonds is 5. The molecular formula is C20H22N2O6S. The van der Waals surface area contributed by atoms with Crippen molar-refractivity contribution in [2.75, 3.05) is 39.8 Å². The van der Waals surface area contributed by atoms with Gasteiger partial charge in [-0.05, 0) is 48.4 Å². The highest BCUT2D eigenvalue weighted by molar-refractivity contribution is 7.89. The van der Waals surface area contributed by atoms with Crippen molar-refractivity contribution in [3.63, 3.8) is 0 Å². The second-order valence-corrected chi connectivity index (χ2v) is 8.82. The number of carbonyl (C=O) groups excluding carboxylic acids is 2. The minimum atomic E-state index is -3.79. The summed E-state index contributed by atoms with van der Waals surface area (Å²) in [5.41, 5.74) is 2.20. The standard InChI is InChI=1S/C20H22N2O6S/c1-21(2)29(25,26)18-12-14(6-8-17(18)27-3)19(23)22-10-9-13-11-15(20(24)28-4)5-7-16(13)22/h5-8,11-12H,9-10H2,1-4H3. The van der Waals surface area contributed by atoms with Crippen LogP contribution in [0, 0.1) is 0 Å². The predicted molar refractivity (Wildman–Crippen MR) is 107 cm³/mol. The fourth-order valence-corrected chi connectivity index (χ4v) is 4.30. The average molecular weight is 418 g/mol. The van der Waals surface area contributed by atoms with E-state index in [0.29, 0.717) is 24.2 Å². The summed E-state index contributed by atoms with van der Waals surface area (Å²) < 4.78 is 36.2. The van der Waals surface area contributed by atoms with Crippen molar-refractivity contribution in [3.05, 3.63) is 53.1 Å². The number of sulfonamides is 1. The second kappa shape index (κ2) is 7.84. The maximum absolute atomic E-state index is 13.1. The normalized spacial score (nSPS) is 13.3. The Morgan fingerprint density at radius 3 is 2.34 bits per heavy atom. The fourth-order valence-electron chi connectivity index (χ4n) is 3.22. The number of esters is 1. The van der Waals surface area contributed by atoms with Crippen LogP contribution in [-0.4, -0.2) is 59.5 Å². The summed E-state index contributed by atoms with van der Waals surface area (Å²) in [4.78, 5) is 26.3. The molecule has 0 saturated heterocycles. The van der Waals surface area contributed by atoms with Crippen molar-refractivity contribution in [2.45, 2.75) is 11.3 Å². The first-order chi connectivity index (χ1) is 13.7. The minimum absolute atomic E-state index is 0.0729. The molecular weight excluding hydrogens is 396 g/mol. The smallest absolute Gasteiger partial charge is 0.337 e. The zero-order chi connectivity index (χ0) is 21.3. The van der Waals surface area contributed by atoms with E-state index in [1.165, 1.54) is 46.5 Å². The summed E-state index contributed by atoms with van der Waals surface area (Å²) in [7, 11) is 1.73. The van der Waals surface area contributed by atoms with Crippen LogP contribution in [-0.2, 0) is 21.2 Å². The minimum Gasteiger partial charge on any atom is -0.495 e. The maximum Gasteiger partial charge on any atom is 0.337 e. The van der Waals surface area contributed by atoms with Gasteiger partial charge in [-0.2, -0.15) is 0 Å². The summed E-state index contributed by atoms with van der Waals surface area (Å²) in [6.07, 6.45) is 0.588. The molecule has 1 aliphatic rings. The Hall–Kier alpha value is -2.91. The number of hydrogen-bond donors (Lipinski definition) is 0. The van der Waals surface area contributed by atoms with Crippen LogP contribution in [0.1, 0.15) is 26.3 Å². The molecule has 0 fully saturated rings. The molecule has 0 saturated carbocycles. The largest absolute Gasteiger partial charge is 0.495 e. The van der Waals surface area contributed by atoms with Gasteiger partial charge in [-0.25, -0.2) is 17.5 Å². The van der Waals surface area contributed by atoms with E-state index in [-0.39, 0.29) is 22.1 Å². The molecule has 29 heavy (non-hydrogen) atoms. The first kappa shape index (κ1) is 20.8. The summed E-state index contributed by atoms with van der Waals surface area (Å²) in [5.74, 6) is -0.599. The highest BCUT2D eigenvalue weighted by Gasteiger charge is 2.29. The lowest BCUT2D eigenvalue weighted by Gasteiger charge is -2.19. The van der Waals surface area contributed by atoms with Crippen LogP contribution in [0.2, 0.25) is 0 Å². The summed E-state index contributed by atoms with van der Waals surface area (Å²) in [6.45, 7) is 0.431. The molecule has 1 heterocycles. The van der Waals surface area contributed by atoms with Crippen molar-refractivity contribution in [3.8, 4) is 5.75 Å². The van der Waals surface area contributed by atoms with Crippen molar-refractivity contribution in [2.24, 2.45) is 0 Å². The van der Waals surface area contributed by atoms with Gasteiger partial charge in [0.1, 0.15) is 10.6 Å². The van der Waals surface area contributed by atoms with E-state index >= 15 is 0 Å². The second-order valence-electron chi connectivity index (χ2n) is 6.69. The summed E-state index contributed by atoms with van der Waals surface area (Å²) in [5, 5.41) is 0. The number of amides is 1. The molecule has 154 valence electrons. The lowest BCUT2D eigenvalue weighted by molar-refractivity contribution is 0.0600. The molecule has 9 heteroatoms. The first-order valence-electron chi connectivity index (χ1n) is 8.84. The highest BCUT2D eigenvalue weighted by atomic mass is 32.2. The molecule has 2 aromatic rings. The van der Waals surface area contributed by atoms with Crippen molar-refractivity contribution < 1.29 is 27.5 Å². The molecule has 3 rings (SSSR count). The summed E-state index contributed by atoms with van der Waals surface area (Å²) in [6, 6.07) is 9.36. The molecule has 2 aromatic carbocycles. The number of anilines is 1. The van der Waals surface area contributed by atoms with Gasteiger partial charge in [0, 0.05) is 31.9 Å². The van der Waals surface area contributed by atoms with Gasteiger partial charge >= 0.3 is 5.97 Å². The average Bonchev–Trinajstić information content (AvgIpc) is 3.15. The van der Waals surface area contributed by atoms with Gasteiger partial charge in [0.15, 0.2) is 0 Å². The Balaban J connectivity index is 1.98. The highest BCUT2D eigenvalue weighted by Crippen LogP contribution is 2.32. The number of benzene rings is 2. The molecule has 0 bridgehead atoms. The summed E-state index contributed by atoms with van der Waals surface area (Å²) >= 11 is 0. The number of carbonyl (C=O) groups is 2. The van der Waals surface area contributed by atoms with E-state index in [0.717, 1.165) is 9.87 Å². The van der Waals surface area contributed by atoms with E-state index in [1.807, 2.05) is 0 Å². The Morgan fingerprint density at radius 2 is 1.72 bits per heavy atom. The Bertz CT molecular complexity index is 1080. The van der Waals surface area contributed by atoms with Crippen LogP contribution in [0.25, 0.3) is 0 Å². The van der Waals surface area contributed by atoms with E-state index in [9.17, 15) is 18.0 Å². The zero-order valence-corrected chi connectivity index (χ0v) is 17.4. The predicted octanol–water partition coefficient (Wildman–Crippen LogP) is 1.94. The van der Waals surface area contributed by atoms with Crippen LogP contribution in [0.5, 0.6) is 5.75 Å². The lowest BCUT2D eigenvalue weighted by atomic mass is 10.1. The van der Waals surface area contributed by atoms with E-state index in [4.69, 9.17) is 9.47 Å². The van der Waals surface area contributed by atoms with Crippen LogP contribution in [0.15, 0.2) is 41.3 Å². The third-order valence-corrected chi connectivity index (χ3v) is 6.65. The molecule has 0 atom stereocenters. The monoisotopic (exact) mass is 418 g/mol. The molecule has 8 nitrogen and oxygen atoms in total.